The molecule has 0 bridgehead atoms. The van der Waals surface area contributed by atoms with Crippen molar-refractivity contribution < 1.29 is 23.1 Å². The molecule has 4 nitrogen and oxygen atoms in total. The summed E-state index contributed by atoms with van der Waals surface area (Å²) in [5.41, 5.74) is 0.800. The number of alkyl halides is 2. The first-order chi connectivity index (χ1) is 5.10. The minimum absolute atomic E-state index is 0.687. The number of hydrogen-bond donors (Lipinski definition) is 3. The molecule has 0 spiro atoms. The topological polar surface area (TPSA) is 83.6 Å². The molecule has 12 heavy (non-hydrogen) atoms. The maximum absolute atomic E-state index is 12.7. The Balaban J connectivity index is 4.74. The average molecular weight is 203 g/mol. The third-order valence-electron chi connectivity index (χ3n) is 1.51. The molecule has 0 aromatic carbocycles. The van der Waals surface area contributed by atoms with Crippen molar-refractivity contribution in [3.63, 3.8) is 0 Å². The van der Waals surface area contributed by atoms with Gasteiger partial charge in [0.05, 0.1) is 6.04 Å². The highest BCUT2D eigenvalue weighted by atomic mass is 31.2. The van der Waals surface area contributed by atoms with Gasteiger partial charge < -0.3 is 15.5 Å². The number of rotatable bonds is 3. The summed E-state index contributed by atoms with van der Waals surface area (Å²) < 4.78 is 35.6. The van der Waals surface area contributed by atoms with E-state index in [-0.39, 0.29) is 0 Å². The van der Waals surface area contributed by atoms with E-state index in [1.807, 2.05) is 0 Å². The molecule has 0 aliphatic rings. The molecular formula is C5H12F2NO3P. The fourth-order valence-electron chi connectivity index (χ4n) is 0.595. The van der Waals surface area contributed by atoms with E-state index in [4.69, 9.17) is 15.5 Å². The molecule has 1 atom stereocenters. The van der Waals surface area contributed by atoms with Crippen LogP contribution < -0.4 is 5.73 Å². The minimum atomic E-state index is -5.44. The van der Waals surface area contributed by atoms with Crippen molar-refractivity contribution in [1.29, 1.82) is 0 Å². The van der Waals surface area contributed by atoms with Crippen LogP contribution in [0.4, 0.5) is 8.78 Å². The smallest absolute Gasteiger partial charge is 0.322 e. The molecule has 0 heterocycles. The SMILES string of the molecule is CC(C)C(N)C(F)(F)P(=O)(O)O. The molecule has 0 aliphatic heterocycles. The van der Waals surface area contributed by atoms with Crippen LogP contribution in [0.3, 0.4) is 0 Å². The third-order valence-corrected chi connectivity index (χ3v) is 2.58. The largest absolute Gasteiger partial charge is 0.396 e. The van der Waals surface area contributed by atoms with Gasteiger partial charge in [-0.3, -0.25) is 4.57 Å². The van der Waals surface area contributed by atoms with Crippen molar-refractivity contribution in [3.05, 3.63) is 0 Å². The van der Waals surface area contributed by atoms with Crippen molar-refractivity contribution in [1.82, 2.24) is 0 Å². The van der Waals surface area contributed by atoms with Gasteiger partial charge in [0.25, 0.3) is 0 Å². The van der Waals surface area contributed by atoms with Crippen LogP contribution >= 0.6 is 7.60 Å². The lowest BCUT2D eigenvalue weighted by Gasteiger charge is -2.26. The van der Waals surface area contributed by atoms with E-state index in [0.717, 1.165) is 0 Å². The normalized spacial score (nSPS) is 16.7. The lowest BCUT2D eigenvalue weighted by molar-refractivity contribution is 0.0185. The zero-order valence-corrected chi connectivity index (χ0v) is 7.63. The molecule has 0 aliphatic carbocycles. The van der Waals surface area contributed by atoms with Gasteiger partial charge in [-0.15, -0.1) is 0 Å². The molecule has 74 valence electrons. The second-order valence-corrected chi connectivity index (χ2v) is 4.59. The van der Waals surface area contributed by atoms with E-state index in [1.165, 1.54) is 13.8 Å². The van der Waals surface area contributed by atoms with Gasteiger partial charge in [-0.05, 0) is 5.92 Å². The summed E-state index contributed by atoms with van der Waals surface area (Å²) in [7, 11) is -5.44. The molecule has 1 unspecified atom stereocenters. The summed E-state index contributed by atoms with van der Waals surface area (Å²) in [6, 6.07) is -1.82. The quantitative estimate of drug-likeness (QED) is 0.590. The average Bonchev–Trinajstić information content (AvgIpc) is 1.83. The fourth-order valence-corrected chi connectivity index (χ4v) is 1.28. The van der Waals surface area contributed by atoms with Crippen LogP contribution in [0.2, 0.25) is 0 Å². The van der Waals surface area contributed by atoms with E-state index >= 15 is 0 Å². The Kier molecular flexibility index (Phi) is 3.37. The van der Waals surface area contributed by atoms with E-state index in [2.05, 4.69) is 0 Å². The molecule has 0 saturated heterocycles. The maximum Gasteiger partial charge on any atom is 0.396 e. The zero-order valence-electron chi connectivity index (χ0n) is 6.74. The predicted octanol–water partition coefficient (Wildman–Crippen LogP) is 0.740. The van der Waals surface area contributed by atoms with Crippen LogP contribution in [-0.4, -0.2) is 21.5 Å². The van der Waals surface area contributed by atoms with Crippen LogP contribution in [0.5, 0.6) is 0 Å². The van der Waals surface area contributed by atoms with Crippen LogP contribution in [0.1, 0.15) is 13.8 Å². The summed E-state index contributed by atoms with van der Waals surface area (Å²) in [5, 5.41) is 0. The van der Waals surface area contributed by atoms with Gasteiger partial charge >= 0.3 is 13.3 Å². The van der Waals surface area contributed by atoms with Gasteiger partial charge in [0.15, 0.2) is 0 Å². The van der Waals surface area contributed by atoms with Crippen LogP contribution in [-0.2, 0) is 4.57 Å². The second kappa shape index (κ2) is 3.38. The van der Waals surface area contributed by atoms with E-state index in [1.54, 1.807) is 0 Å². The second-order valence-electron chi connectivity index (χ2n) is 2.90. The van der Waals surface area contributed by atoms with Gasteiger partial charge in [-0.1, -0.05) is 13.8 Å². The summed E-state index contributed by atoms with van der Waals surface area (Å²) in [6.45, 7) is 2.74. The van der Waals surface area contributed by atoms with E-state index < -0.39 is 25.2 Å². The Morgan fingerprint density at radius 2 is 1.75 bits per heavy atom. The van der Waals surface area contributed by atoms with Gasteiger partial charge in [-0.2, -0.15) is 8.78 Å². The number of hydrogen-bond acceptors (Lipinski definition) is 2. The molecular weight excluding hydrogens is 191 g/mol. The van der Waals surface area contributed by atoms with Crippen LogP contribution in [0, 0.1) is 5.92 Å². The predicted molar refractivity (Wildman–Crippen MR) is 39.8 cm³/mol. The van der Waals surface area contributed by atoms with Crippen LogP contribution in [0.15, 0.2) is 0 Å². The van der Waals surface area contributed by atoms with Crippen molar-refractivity contribution in [2.24, 2.45) is 11.7 Å². The molecule has 0 radical (unpaired) electrons. The number of nitrogens with two attached hydrogens (primary N) is 1. The highest BCUT2D eigenvalue weighted by Gasteiger charge is 2.54. The molecule has 4 N–H and O–H groups in total. The van der Waals surface area contributed by atoms with E-state index in [0.29, 0.717) is 0 Å². The summed E-state index contributed by atoms with van der Waals surface area (Å²) in [5.74, 6) is -0.687. The van der Waals surface area contributed by atoms with Crippen molar-refractivity contribution in [2.75, 3.05) is 0 Å². The Labute approximate surface area is 68.9 Å². The summed E-state index contributed by atoms with van der Waals surface area (Å²) in [6.07, 6.45) is 0. The Morgan fingerprint density at radius 1 is 1.42 bits per heavy atom. The molecule has 0 aromatic rings. The molecule has 0 fully saturated rings. The highest BCUT2D eigenvalue weighted by Crippen LogP contribution is 2.55. The van der Waals surface area contributed by atoms with Gasteiger partial charge in [0, 0.05) is 0 Å². The minimum Gasteiger partial charge on any atom is -0.322 e. The van der Waals surface area contributed by atoms with Gasteiger partial charge in [0.2, 0.25) is 0 Å². The fraction of sp³-hybridized carbons (Fsp3) is 1.00. The summed E-state index contributed by atoms with van der Waals surface area (Å²) in [4.78, 5) is 16.5. The van der Waals surface area contributed by atoms with Crippen molar-refractivity contribution in [3.8, 4) is 0 Å². The standard InChI is InChI=1S/C5H12F2NO3P/c1-3(2)4(8)5(6,7)12(9,10)11/h3-4H,8H2,1-2H3,(H2,9,10,11). The molecule has 0 rings (SSSR count). The third kappa shape index (κ3) is 2.23. The monoisotopic (exact) mass is 203 g/mol. The van der Waals surface area contributed by atoms with Gasteiger partial charge in [-0.25, -0.2) is 0 Å². The molecule has 0 amide bonds. The lowest BCUT2D eigenvalue weighted by atomic mass is 10.1. The van der Waals surface area contributed by atoms with Gasteiger partial charge in [0.1, 0.15) is 0 Å². The Morgan fingerprint density at radius 3 is 1.83 bits per heavy atom. The molecule has 7 heteroatoms. The zero-order chi connectivity index (χ0) is 10.2. The Hall–Kier alpha value is -0.0300. The molecule has 0 saturated carbocycles. The lowest BCUT2D eigenvalue weighted by Crippen LogP contribution is -2.44. The summed E-state index contributed by atoms with van der Waals surface area (Å²) >= 11 is 0. The van der Waals surface area contributed by atoms with Crippen LogP contribution in [0.25, 0.3) is 0 Å². The first-order valence-electron chi connectivity index (χ1n) is 3.29. The first kappa shape index (κ1) is 12.0. The maximum atomic E-state index is 12.7. The van der Waals surface area contributed by atoms with E-state index in [9.17, 15) is 13.3 Å². The number of halogens is 2. The highest BCUT2D eigenvalue weighted by molar-refractivity contribution is 7.53. The first-order valence-corrected chi connectivity index (χ1v) is 4.91. The molecule has 0 aromatic heterocycles. The van der Waals surface area contributed by atoms with Crippen molar-refractivity contribution in [2.45, 2.75) is 25.6 Å². The Bertz CT molecular complexity index is 203. The van der Waals surface area contributed by atoms with Crippen molar-refractivity contribution >= 4 is 7.60 Å².